The molecule has 0 saturated carbocycles. The van der Waals surface area contributed by atoms with Crippen LogP contribution in [0.25, 0.3) is 0 Å². The molecule has 2 aromatic carbocycles. The Balaban J connectivity index is 2.29. The first-order valence-corrected chi connectivity index (χ1v) is 7.43. The summed E-state index contributed by atoms with van der Waals surface area (Å²) in [5, 5.41) is 0. The van der Waals surface area contributed by atoms with E-state index >= 15 is 0 Å². The molecule has 0 fully saturated rings. The first kappa shape index (κ1) is 16.3. The number of ether oxygens (including phenoxy) is 2. The van der Waals surface area contributed by atoms with Crippen LogP contribution in [0.4, 0.5) is 4.39 Å². The Kier molecular flexibility index (Phi) is 5.78. The van der Waals surface area contributed by atoms with E-state index in [1.165, 1.54) is 12.1 Å². The predicted octanol–water partition coefficient (Wildman–Crippen LogP) is 3.52. The number of para-hydroxylation sites is 1. The van der Waals surface area contributed by atoms with Gasteiger partial charge in [-0.2, -0.15) is 0 Å². The molecule has 0 aliphatic heterocycles. The molecule has 2 rings (SSSR count). The van der Waals surface area contributed by atoms with Gasteiger partial charge >= 0.3 is 0 Å². The second-order valence-corrected chi connectivity index (χ2v) is 5.07. The highest BCUT2D eigenvalue weighted by Crippen LogP contribution is 2.34. The van der Waals surface area contributed by atoms with Crippen LogP contribution in [-0.2, 0) is 6.42 Å². The maximum absolute atomic E-state index is 13.1. The fraction of sp³-hybridized carbons (Fsp3) is 0.333. The molecule has 118 valence electrons. The Morgan fingerprint density at radius 2 is 1.86 bits per heavy atom. The summed E-state index contributed by atoms with van der Waals surface area (Å²) in [5.41, 5.74) is 7.98. The van der Waals surface area contributed by atoms with Crippen LogP contribution in [-0.4, -0.2) is 20.3 Å². The van der Waals surface area contributed by atoms with Crippen molar-refractivity contribution in [3.63, 3.8) is 0 Å². The van der Waals surface area contributed by atoms with Gasteiger partial charge in [-0.05, 0) is 49.2 Å². The van der Waals surface area contributed by atoms with Crippen LogP contribution in [0.3, 0.4) is 0 Å². The quantitative estimate of drug-likeness (QED) is 0.851. The first-order valence-electron chi connectivity index (χ1n) is 7.43. The van der Waals surface area contributed by atoms with E-state index in [0.29, 0.717) is 25.3 Å². The van der Waals surface area contributed by atoms with E-state index in [1.54, 1.807) is 19.2 Å². The van der Waals surface area contributed by atoms with Gasteiger partial charge in [-0.15, -0.1) is 0 Å². The van der Waals surface area contributed by atoms with Gasteiger partial charge in [-0.3, -0.25) is 0 Å². The molecule has 0 bridgehead atoms. The third-order valence-electron chi connectivity index (χ3n) is 3.66. The van der Waals surface area contributed by atoms with E-state index in [1.807, 2.05) is 25.1 Å². The summed E-state index contributed by atoms with van der Waals surface area (Å²) in [6.45, 7) is 2.99. The molecule has 0 amide bonds. The predicted molar refractivity (Wildman–Crippen MR) is 86.1 cm³/mol. The molecule has 0 aliphatic carbocycles. The topological polar surface area (TPSA) is 44.5 Å². The van der Waals surface area contributed by atoms with Crippen LogP contribution in [0.5, 0.6) is 11.5 Å². The van der Waals surface area contributed by atoms with Gasteiger partial charge in [-0.1, -0.05) is 24.3 Å². The van der Waals surface area contributed by atoms with Crippen LogP contribution in [0, 0.1) is 5.82 Å². The van der Waals surface area contributed by atoms with Gasteiger partial charge in [-0.25, -0.2) is 4.39 Å². The molecule has 0 aromatic heterocycles. The number of hydrogen-bond donors (Lipinski definition) is 1. The van der Waals surface area contributed by atoms with Crippen LogP contribution in [0.15, 0.2) is 42.5 Å². The van der Waals surface area contributed by atoms with Crippen LogP contribution in [0.1, 0.15) is 24.0 Å². The Labute approximate surface area is 130 Å². The van der Waals surface area contributed by atoms with Gasteiger partial charge in [0, 0.05) is 5.92 Å². The highest BCUT2D eigenvalue weighted by atomic mass is 19.1. The molecule has 22 heavy (non-hydrogen) atoms. The van der Waals surface area contributed by atoms with Crippen LogP contribution >= 0.6 is 0 Å². The molecule has 0 aliphatic rings. The minimum Gasteiger partial charge on any atom is -0.493 e. The number of hydrogen-bond acceptors (Lipinski definition) is 3. The van der Waals surface area contributed by atoms with Crippen LogP contribution < -0.4 is 15.2 Å². The normalized spacial score (nSPS) is 12.0. The first-order chi connectivity index (χ1) is 10.7. The van der Waals surface area contributed by atoms with Crippen molar-refractivity contribution < 1.29 is 13.9 Å². The van der Waals surface area contributed by atoms with Crippen LogP contribution in [0.2, 0.25) is 0 Å². The number of nitrogens with two attached hydrogens (primary N) is 1. The zero-order valence-electron chi connectivity index (χ0n) is 13.0. The summed E-state index contributed by atoms with van der Waals surface area (Å²) in [6, 6.07) is 12.3. The third kappa shape index (κ3) is 3.77. The Morgan fingerprint density at radius 1 is 1.14 bits per heavy atom. The molecule has 0 saturated heterocycles. The minimum atomic E-state index is -0.240. The summed E-state index contributed by atoms with van der Waals surface area (Å²) in [7, 11) is 1.63. The second-order valence-electron chi connectivity index (χ2n) is 5.07. The molecule has 3 nitrogen and oxygen atoms in total. The van der Waals surface area contributed by atoms with Gasteiger partial charge in [0.25, 0.3) is 0 Å². The summed E-state index contributed by atoms with van der Waals surface area (Å²) in [6.07, 6.45) is 0.717. The maximum atomic E-state index is 13.1. The van der Waals surface area contributed by atoms with Crippen molar-refractivity contribution in [3.8, 4) is 11.5 Å². The highest BCUT2D eigenvalue weighted by Gasteiger charge is 2.16. The maximum Gasteiger partial charge on any atom is 0.164 e. The van der Waals surface area contributed by atoms with E-state index < -0.39 is 0 Å². The van der Waals surface area contributed by atoms with E-state index in [-0.39, 0.29) is 11.7 Å². The lowest BCUT2D eigenvalue weighted by Gasteiger charge is -2.19. The van der Waals surface area contributed by atoms with E-state index in [4.69, 9.17) is 15.2 Å². The summed E-state index contributed by atoms with van der Waals surface area (Å²) < 4.78 is 24.2. The Bertz CT molecular complexity index is 599. The molecule has 1 atom stereocenters. The zero-order valence-corrected chi connectivity index (χ0v) is 13.0. The van der Waals surface area contributed by atoms with Crippen molar-refractivity contribution in [2.75, 3.05) is 20.3 Å². The smallest absolute Gasteiger partial charge is 0.164 e. The van der Waals surface area contributed by atoms with Crippen molar-refractivity contribution in [1.82, 2.24) is 0 Å². The van der Waals surface area contributed by atoms with E-state index in [2.05, 4.69) is 0 Å². The van der Waals surface area contributed by atoms with E-state index in [9.17, 15) is 4.39 Å². The second kappa shape index (κ2) is 7.80. The summed E-state index contributed by atoms with van der Waals surface area (Å²) >= 11 is 0. The fourth-order valence-corrected chi connectivity index (χ4v) is 2.53. The van der Waals surface area contributed by atoms with Crippen molar-refractivity contribution >= 4 is 0 Å². The SMILES string of the molecule is CCOc1c(CC(CN)c2ccc(F)cc2)cccc1OC. The van der Waals surface area contributed by atoms with Gasteiger partial charge < -0.3 is 15.2 Å². The number of rotatable bonds is 7. The number of methoxy groups -OCH3 is 1. The van der Waals surface area contributed by atoms with Gasteiger partial charge in [0.1, 0.15) is 5.82 Å². The van der Waals surface area contributed by atoms with E-state index in [0.717, 1.165) is 16.9 Å². The van der Waals surface area contributed by atoms with Crippen molar-refractivity contribution in [3.05, 3.63) is 59.4 Å². The number of benzene rings is 2. The Morgan fingerprint density at radius 3 is 2.45 bits per heavy atom. The summed E-state index contributed by atoms with van der Waals surface area (Å²) in [4.78, 5) is 0. The molecular weight excluding hydrogens is 281 g/mol. The molecule has 2 aromatic rings. The lowest BCUT2D eigenvalue weighted by Crippen LogP contribution is -2.15. The highest BCUT2D eigenvalue weighted by molar-refractivity contribution is 5.47. The monoisotopic (exact) mass is 303 g/mol. The lowest BCUT2D eigenvalue weighted by molar-refractivity contribution is 0.307. The van der Waals surface area contributed by atoms with Gasteiger partial charge in [0.15, 0.2) is 11.5 Å². The molecule has 2 N–H and O–H groups in total. The molecule has 4 heteroatoms. The number of halogens is 1. The molecular formula is C18H22FNO2. The van der Waals surface area contributed by atoms with Gasteiger partial charge in [0.05, 0.1) is 13.7 Å². The molecule has 0 heterocycles. The lowest BCUT2D eigenvalue weighted by atomic mass is 9.91. The average Bonchev–Trinajstić information content (AvgIpc) is 2.55. The van der Waals surface area contributed by atoms with Crippen molar-refractivity contribution in [1.29, 1.82) is 0 Å². The minimum absolute atomic E-state index is 0.104. The zero-order chi connectivity index (χ0) is 15.9. The third-order valence-corrected chi connectivity index (χ3v) is 3.66. The standard InChI is InChI=1S/C18H22FNO2/c1-3-22-18-14(5-4-6-17(18)21-2)11-15(12-20)13-7-9-16(19)10-8-13/h4-10,15H,3,11-12,20H2,1-2H3. The fourth-order valence-electron chi connectivity index (χ4n) is 2.53. The average molecular weight is 303 g/mol. The molecule has 0 spiro atoms. The van der Waals surface area contributed by atoms with Crippen molar-refractivity contribution in [2.24, 2.45) is 5.73 Å². The van der Waals surface area contributed by atoms with Gasteiger partial charge in [0.2, 0.25) is 0 Å². The molecule has 0 radical (unpaired) electrons. The van der Waals surface area contributed by atoms with Crippen molar-refractivity contribution in [2.45, 2.75) is 19.3 Å². The largest absolute Gasteiger partial charge is 0.493 e. The molecule has 1 unspecified atom stereocenters. The Hall–Kier alpha value is -2.07. The summed E-state index contributed by atoms with van der Waals surface area (Å²) in [5.74, 6) is 1.34.